The van der Waals surface area contributed by atoms with Crippen molar-refractivity contribution in [3.05, 3.63) is 58.2 Å². The highest BCUT2D eigenvalue weighted by Gasteiger charge is 2.07. The maximum atomic E-state index is 6.09. The first-order valence-corrected chi connectivity index (χ1v) is 8.08. The molecule has 3 rings (SSSR count). The summed E-state index contributed by atoms with van der Waals surface area (Å²) < 4.78 is 5.59. The molecule has 0 aliphatic carbocycles. The van der Waals surface area contributed by atoms with Gasteiger partial charge in [0.1, 0.15) is 5.75 Å². The van der Waals surface area contributed by atoms with Crippen LogP contribution in [-0.2, 0) is 0 Å². The third kappa shape index (κ3) is 3.52. The minimum Gasteiger partial charge on any atom is -0.494 e. The first-order chi connectivity index (χ1) is 11.1. The van der Waals surface area contributed by atoms with Crippen LogP contribution in [0.2, 0.25) is 10.0 Å². The number of hydrogen-bond donors (Lipinski definition) is 1. The van der Waals surface area contributed by atoms with Crippen molar-refractivity contribution < 1.29 is 4.74 Å². The molecule has 0 aliphatic rings. The maximum Gasteiger partial charge on any atom is 0.120 e. The molecular formula is C18H16Cl2N2O. The number of pyridine rings is 1. The number of nitrogens with one attached hydrogen (secondary N) is 1. The van der Waals surface area contributed by atoms with Crippen LogP contribution >= 0.6 is 23.2 Å². The average molecular weight is 347 g/mol. The fourth-order valence-corrected chi connectivity index (χ4v) is 2.72. The molecule has 0 unspecified atom stereocenters. The SMILES string of the molecule is CCOc1ccc2nc(C)cc(Nc3ccc(Cl)c(Cl)c3)c2c1. The Kier molecular flexibility index (Phi) is 4.60. The predicted octanol–water partition coefficient (Wildman–Crippen LogP) is 5.99. The normalized spacial score (nSPS) is 10.8. The zero-order chi connectivity index (χ0) is 16.4. The van der Waals surface area contributed by atoms with Gasteiger partial charge in [-0.1, -0.05) is 23.2 Å². The van der Waals surface area contributed by atoms with Crippen LogP contribution in [0, 0.1) is 6.92 Å². The fraction of sp³-hybridized carbons (Fsp3) is 0.167. The molecule has 118 valence electrons. The van der Waals surface area contributed by atoms with E-state index in [1.54, 1.807) is 12.1 Å². The third-order valence-electron chi connectivity index (χ3n) is 3.42. The number of aryl methyl sites for hydroxylation is 1. The molecule has 1 heterocycles. The summed E-state index contributed by atoms with van der Waals surface area (Å²) in [6, 6.07) is 13.4. The summed E-state index contributed by atoms with van der Waals surface area (Å²) in [7, 11) is 0. The second kappa shape index (κ2) is 6.65. The number of hydrogen-bond acceptors (Lipinski definition) is 3. The average Bonchev–Trinajstić information content (AvgIpc) is 2.52. The molecule has 0 fully saturated rings. The van der Waals surface area contributed by atoms with E-state index in [0.717, 1.165) is 33.7 Å². The lowest BCUT2D eigenvalue weighted by molar-refractivity contribution is 0.340. The van der Waals surface area contributed by atoms with E-state index >= 15 is 0 Å². The van der Waals surface area contributed by atoms with Crippen LogP contribution in [-0.4, -0.2) is 11.6 Å². The lowest BCUT2D eigenvalue weighted by Gasteiger charge is -2.13. The van der Waals surface area contributed by atoms with E-state index in [1.807, 2.05) is 44.2 Å². The standard InChI is InChI=1S/C18H16Cl2N2O/c1-3-23-13-5-7-17-14(10-13)18(8-11(2)21-17)22-12-4-6-15(19)16(20)9-12/h4-10H,3H2,1-2H3,(H,21,22). The molecule has 2 aromatic carbocycles. The number of rotatable bonds is 4. The molecule has 0 amide bonds. The van der Waals surface area contributed by atoms with E-state index < -0.39 is 0 Å². The molecule has 0 saturated carbocycles. The Bertz CT molecular complexity index is 865. The van der Waals surface area contributed by atoms with Gasteiger partial charge in [0.25, 0.3) is 0 Å². The van der Waals surface area contributed by atoms with E-state index in [9.17, 15) is 0 Å². The van der Waals surface area contributed by atoms with Crippen molar-refractivity contribution in [2.75, 3.05) is 11.9 Å². The number of ether oxygens (including phenoxy) is 1. The van der Waals surface area contributed by atoms with Gasteiger partial charge in [-0.25, -0.2) is 0 Å². The highest BCUT2D eigenvalue weighted by molar-refractivity contribution is 6.42. The second-order valence-electron chi connectivity index (χ2n) is 5.18. The Morgan fingerprint density at radius 3 is 2.61 bits per heavy atom. The minimum absolute atomic E-state index is 0.516. The van der Waals surface area contributed by atoms with Gasteiger partial charge < -0.3 is 10.1 Å². The number of nitrogens with zero attached hydrogens (tertiary/aromatic N) is 1. The Morgan fingerprint density at radius 1 is 1.04 bits per heavy atom. The molecule has 5 heteroatoms. The molecular weight excluding hydrogens is 331 g/mol. The van der Waals surface area contributed by atoms with E-state index in [4.69, 9.17) is 27.9 Å². The van der Waals surface area contributed by atoms with Crippen molar-refractivity contribution in [1.29, 1.82) is 0 Å². The van der Waals surface area contributed by atoms with Gasteiger partial charge in [0, 0.05) is 22.5 Å². The molecule has 3 aromatic rings. The van der Waals surface area contributed by atoms with Crippen LogP contribution in [0.1, 0.15) is 12.6 Å². The van der Waals surface area contributed by atoms with Crippen LogP contribution in [0.25, 0.3) is 10.9 Å². The van der Waals surface area contributed by atoms with E-state index in [-0.39, 0.29) is 0 Å². The van der Waals surface area contributed by atoms with Crippen LogP contribution in [0.3, 0.4) is 0 Å². The first kappa shape index (κ1) is 15.9. The molecule has 0 atom stereocenters. The van der Waals surface area contributed by atoms with Crippen molar-refractivity contribution in [3.63, 3.8) is 0 Å². The van der Waals surface area contributed by atoms with Gasteiger partial charge in [-0.3, -0.25) is 4.98 Å². The molecule has 0 spiro atoms. The number of aromatic nitrogens is 1. The summed E-state index contributed by atoms with van der Waals surface area (Å²) >= 11 is 12.1. The largest absolute Gasteiger partial charge is 0.494 e. The van der Waals surface area contributed by atoms with E-state index in [1.165, 1.54) is 0 Å². The van der Waals surface area contributed by atoms with Gasteiger partial charge >= 0.3 is 0 Å². The highest BCUT2D eigenvalue weighted by Crippen LogP contribution is 2.32. The molecule has 3 nitrogen and oxygen atoms in total. The lowest BCUT2D eigenvalue weighted by Crippen LogP contribution is -1.96. The Balaban J connectivity index is 2.07. The smallest absolute Gasteiger partial charge is 0.120 e. The molecule has 0 aliphatic heterocycles. The van der Waals surface area contributed by atoms with E-state index in [0.29, 0.717) is 16.7 Å². The quantitative estimate of drug-likeness (QED) is 0.629. The lowest BCUT2D eigenvalue weighted by atomic mass is 10.1. The summed E-state index contributed by atoms with van der Waals surface area (Å²) in [4.78, 5) is 4.57. The molecule has 0 radical (unpaired) electrons. The molecule has 1 aromatic heterocycles. The van der Waals surface area contributed by atoms with Crippen LogP contribution in [0.4, 0.5) is 11.4 Å². The van der Waals surface area contributed by atoms with Crippen molar-refractivity contribution in [2.45, 2.75) is 13.8 Å². The monoisotopic (exact) mass is 346 g/mol. The van der Waals surface area contributed by atoms with Crippen molar-refractivity contribution in [1.82, 2.24) is 4.98 Å². The Labute approximate surface area is 145 Å². The predicted molar refractivity (Wildman–Crippen MR) is 97.4 cm³/mol. The summed E-state index contributed by atoms with van der Waals surface area (Å²) in [5.74, 6) is 0.822. The van der Waals surface area contributed by atoms with Gasteiger partial charge in [-0.2, -0.15) is 0 Å². The van der Waals surface area contributed by atoms with Crippen LogP contribution in [0.15, 0.2) is 42.5 Å². The number of benzene rings is 2. The number of fused-ring (bicyclic) bond motifs is 1. The summed E-state index contributed by atoms with van der Waals surface area (Å²) in [5, 5.41) is 5.43. The van der Waals surface area contributed by atoms with Gasteiger partial charge in [-0.15, -0.1) is 0 Å². The van der Waals surface area contributed by atoms with Crippen molar-refractivity contribution in [2.24, 2.45) is 0 Å². The van der Waals surface area contributed by atoms with Crippen molar-refractivity contribution in [3.8, 4) is 5.75 Å². The zero-order valence-electron chi connectivity index (χ0n) is 12.9. The Hall–Kier alpha value is -1.97. The topological polar surface area (TPSA) is 34.1 Å². The van der Waals surface area contributed by atoms with Crippen LogP contribution < -0.4 is 10.1 Å². The molecule has 1 N–H and O–H groups in total. The first-order valence-electron chi connectivity index (χ1n) is 7.33. The number of halogens is 2. The molecule has 0 bridgehead atoms. The Morgan fingerprint density at radius 2 is 1.87 bits per heavy atom. The fourth-order valence-electron chi connectivity index (χ4n) is 2.43. The highest BCUT2D eigenvalue weighted by atomic mass is 35.5. The van der Waals surface area contributed by atoms with Gasteiger partial charge in [0.2, 0.25) is 0 Å². The van der Waals surface area contributed by atoms with Crippen molar-refractivity contribution >= 4 is 45.5 Å². The second-order valence-corrected chi connectivity index (χ2v) is 5.99. The van der Waals surface area contributed by atoms with Gasteiger partial charge in [0.05, 0.1) is 22.2 Å². The van der Waals surface area contributed by atoms with Crippen LogP contribution in [0.5, 0.6) is 5.75 Å². The summed E-state index contributed by atoms with van der Waals surface area (Å²) in [5.41, 5.74) is 3.67. The van der Waals surface area contributed by atoms with Gasteiger partial charge in [-0.05, 0) is 56.3 Å². The minimum atomic E-state index is 0.516. The third-order valence-corrected chi connectivity index (χ3v) is 4.16. The maximum absolute atomic E-state index is 6.09. The van der Waals surface area contributed by atoms with E-state index in [2.05, 4.69) is 10.3 Å². The summed E-state index contributed by atoms with van der Waals surface area (Å²) in [6.45, 7) is 4.56. The zero-order valence-corrected chi connectivity index (χ0v) is 14.4. The molecule has 0 saturated heterocycles. The molecule has 23 heavy (non-hydrogen) atoms. The number of anilines is 2. The summed E-state index contributed by atoms with van der Waals surface area (Å²) in [6.07, 6.45) is 0. The van der Waals surface area contributed by atoms with Gasteiger partial charge in [0.15, 0.2) is 0 Å².